The third kappa shape index (κ3) is 6.02. The fourth-order valence-electron chi connectivity index (χ4n) is 3.21. The van der Waals surface area contributed by atoms with Crippen LogP contribution in [0, 0.1) is 0 Å². The highest BCUT2D eigenvalue weighted by Gasteiger charge is 2.22. The molecule has 0 aromatic heterocycles. The van der Waals surface area contributed by atoms with Gasteiger partial charge in [-0.25, -0.2) is 0 Å². The summed E-state index contributed by atoms with van der Waals surface area (Å²) in [5.74, 6) is -1.00. The SMILES string of the molecule is O=C(CNC(=O)c1ccc(Cl)cc1Cl)NCC(=O)N1CCN(c2ccccc2O)CC1. The molecule has 0 bridgehead atoms. The van der Waals surface area contributed by atoms with E-state index in [0.717, 1.165) is 5.69 Å². The summed E-state index contributed by atoms with van der Waals surface area (Å²) in [6.07, 6.45) is 0. The standard InChI is InChI=1S/C21H22Cl2N4O4/c22-14-5-6-15(16(23)11-14)21(31)25-12-19(29)24-13-20(30)27-9-7-26(8-10-27)17-3-1-2-4-18(17)28/h1-6,11,28H,7-10,12-13H2,(H,24,29)(H,25,31). The molecule has 0 atom stereocenters. The average Bonchev–Trinajstić information content (AvgIpc) is 2.76. The van der Waals surface area contributed by atoms with Gasteiger partial charge in [-0.2, -0.15) is 0 Å². The number of nitrogens with zero attached hydrogens (tertiary/aromatic N) is 2. The number of amides is 3. The second-order valence-electron chi connectivity index (χ2n) is 6.94. The van der Waals surface area contributed by atoms with Crippen molar-refractivity contribution in [3.63, 3.8) is 0 Å². The van der Waals surface area contributed by atoms with Gasteiger partial charge in [0.15, 0.2) is 0 Å². The zero-order chi connectivity index (χ0) is 22.4. The van der Waals surface area contributed by atoms with E-state index in [0.29, 0.717) is 31.2 Å². The predicted molar refractivity (Wildman–Crippen MR) is 119 cm³/mol. The molecule has 10 heteroatoms. The summed E-state index contributed by atoms with van der Waals surface area (Å²) in [7, 11) is 0. The van der Waals surface area contributed by atoms with Crippen molar-refractivity contribution >= 4 is 46.6 Å². The van der Waals surface area contributed by atoms with E-state index >= 15 is 0 Å². The number of carbonyl (C=O) groups excluding carboxylic acids is 3. The first-order valence-corrected chi connectivity index (χ1v) is 10.4. The van der Waals surface area contributed by atoms with Crippen LogP contribution in [0.1, 0.15) is 10.4 Å². The summed E-state index contributed by atoms with van der Waals surface area (Å²) in [6, 6.07) is 11.5. The zero-order valence-electron chi connectivity index (χ0n) is 16.6. The van der Waals surface area contributed by atoms with Crippen molar-refractivity contribution in [1.82, 2.24) is 15.5 Å². The lowest BCUT2D eigenvalue weighted by Crippen LogP contribution is -2.51. The molecule has 3 amide bonds. The minimum Gasteiger partial charge on any atom is -0.506 e. The molecule has 0 unspecified atom stereocenters. The number of anilines is 1. The highest BCUT2D eigenvalue weighted by molar-refractivity contribution is 6.36. The first-order chi connectivity index (χ1) is 14.8. The molecule has 0 spiro atoms. The van der Waals surface area contributed by atoms with Gasteiger partial charge in [-0.1, -0.05) is 35.3 Å². The first kappa shape index (κ1) is 22.7. The lowest BCUT2D eigenvalue weighted by atomic mass is 10.2. The molecule has 2 aromatic carbocycles. The largest absolute Gasteiger partial charge is 0.506 e. The third-order valence-electron chi connectivity index (χ3n) is 4.88. The summed E-state index contributed by atoms with van der Waals surface area (Å²) in [5, 5.41) is 15.5. The Hall–Kier alpha value is -2.97. The van der Waals surface area contributed by atoms with E-state index in [9.17, 15) is 19.5 Å². The highest BCUT2D eigenvalue weighted by atomic mass is 35.5. The highest BCUT2D eigenvalue weighted by Crippen LogP contribution is 2.27. The molecule has 1 aliphatic rings. The van der Waals surface area contributed by atoms with Crippen LogP contribution in [0.3, 0.4) is 0 Å². The molecule has 0 radical (unpaired) electrons. The van der Waals surface area contributed by atoms with E-state index in [1.165, 1.54) is 18.2 Å². The smallest absolute Gasteiger partial charge is 0.253 e. The maximum atomic E-state index is 12.4. The van der Waals surface area contributed by atoms with Crippen LogP contribution in [0.4, 0.5) is 5.69 Å². The van der Waals surface area contributed by atoms with E-state index in [1.807, 2.05) is 17.0 Å². The van der Waals surface area contributed by atoms with Gasteiger partial charge in [0.1, 0.15) is 5.75 Å². The van der Waals surface area contributed by atoms with Crippen LogP contribution < -0.4 is 15.5 Å². The van der Waals surface area contributed by atoms with Gasteiger partial charge >= 0.3 is 0 Å². The average molecular weight is 465 g/mol. The number of halogens is 2. The fourth-order valence-corrected chi connectivity index (χ4v) is 3.70. The van der Waals surface area contributed by atoms with Crippen LogP contribution in [-0.2, 0) is 9.59 Å². The third-order valence-corrected chi connectivity index (χ3v) is 5.42. The molecular weight excluding hydrogens is 443 g/mol. The Labute approximate surface area is 189 Å². The number of hydrogen-bond acceptors (Lipinski definition) is 5. The maximum absolute atomic E-state index is 12.4. The second kappa shape index (κ2) is 10.4. The van der Waals surface area contributed by atoms with Crippen molar-refractivity contribution in [3.8, 4) is 5.75 Å². The Morgan fingerprint density at radius 1 is 0.935 bits per heavy atom. The summed E-state index contributed by atoms with van der Waals surface area (Å²) in [6.45, 7) is 1.67. The Morgan fingerprint density at radius 3 is 2.32 bits per heavy atom. The molecule has 2 aromatic rings. The molecule has 3 rings (SSSR count). The fraction of sp³-hybridized carbons (Fsp3) is 0.286. The van der Waals surface area contributed by atoms with Crippen molar-refractivity contribution in [2.75, 3.05) is 44.2 Å². The maximum Gasteiger partial charge on any atom is 0.253 e. The lowest BCUT2D eigenvalue weighted by Gasteiger charge is -2.36. The van der Waals surface area contributed by atoms with E-state index in [2.05, 4.69) is 10.6 Å². The van der Waals surface area contributed by atoms with Crippen LogP contribution in [0.2, 0.25) is 10.0 Å². The number of carbonyl (C=O) groups is 3. The van der Waals surface area contributed by atoms with Crippen molar-refractivity contribution in [1.29, 1.82) is 0 Å². The van der Waals surface area contributed by atoms with E-state index < -0.39 is 11.8 Å². The molecule has 31 heavy (non-hydrogen) atoms. The molecule has 3 N–H and O–H groups in total. The first-order valence-electron chi connectivity index (χ1n) is 9.66. The molecule has 0 saturated carbocycles. The monoisotopic (exact) mass is 464 g/mol. The van der Waals surface area contributed by atoms with E-state index in [4.69, 9.17) is 23.2 Å². The van der Waals surface area contributed by atoms with Gasteiger partial charge in [0, 0.05) is 31.2 Å². The van der Waals surface area contributed by atoms with Crippen molar-refractivity contribution < 1.29 is 19.5 Å². The minimum atomic E-state index is -0.511. The van der Waals surface area contributed by atoms with Gasteiger partial charge in [0.05, 0.1) is 29.4 Å². The van der Waals surface area contributed by atoms with Gasteiger partial charge in [0.25, 0.3) is 5.91 Å². The lowest BCUT2D eigenvalue weighted by molar-refractivity contribution is -0.132. The Balaban J connectivity index is 1.40. The molecule has 164 valence electrons. The number of para-hydroxylation sites is 2. The summed E-state index contributed by atoms with van der Waals surface area (Å²) < 4.78 is 0. The van der Waals surface area contributed by atoms with Gasteiger partial charge in [-0.05, 0) is 30.3 Å². The summed E-state index contributed by atoms with van der Waals surface area (Å²) in [4.78, 5) is 40.2. The number of benzene rings is 2. The predicted octanol–water partition coefficient (Wildman–Crippen LogP) is 1.89. The number of phenolic OH excluding ortho intramolecular Hbond substituents is 1. The van der Waals surface area contributed by atoms with Crippen molar-refractivity contribution in [3.05, 3.63) is 58.1 Å². The minimum absolute atomic E-state index is 0.160. The number of rotatable bonds is 6. The van der Waals surface area contributed by atoms with Crippen molar-refractivity contribution in [2.45, 2.75) is 0 Å². The zero-order valence-corrected chi connectivity index (χ0v) is 18.1. The number of aromatic hydroxyl groups is 1. The van der Waals surface area contributed by atoms with Gasteiger partial charge in [0.2, 0.25) is 11.8 Å². The van der Waals surface area contributed by atoms with Gasteiger partial charge in [-0.3, -0.25) is 14.4 Å². The van der Waals surface area contributed by atoms with Gasteiger partial charge < -0.3 is 25.5 Å². The Bertz CT molecular complexity index is 978. The second-order valence-corrected chi connectivity index (χ2v) is 7.78. The molecule has 0 aliphatic carbocycles. The quantitative estimate of drug-likeness (QED) is 0.605. The molecule has 8 nitrogen and oxygen atoms in total. The van der Waals surface area contributed by atoms with Crippen LogP contribution in [-0.4, -0.2) is 67.0 Å². The molecule has 1 fully saturated rings. The summed E-state index contributed by atoms with van der Waals surface area (Å²) in [5.41, 5.74) is 0.941. The molecular formula is C21H22Cl2N4O4. The van der Waals surface area contributed by atoms with Crippen LogP contribution >= 0.6 is 23.2 Å². The Kier molecular flexibility index (Phi) is 7.59. The van der Waals surface area contributed by atoms with Gasteiger partial charge in [-0.15, -0.1) is 0 Å². The number of nitrogens with one attached hydrogen (secondary N) is 2. The summed E-state index contributed by atoms with van der Waals surface area (Å²) >= 11 is 11.8. The number of piperazine rings is 1. The van der Waals surface area contributed by atoms with Crippen LogP contribution in [0.25, 0.3) is 0 Å². The topological polar surface area (TPSA) is 102 Å². The molecule has 1 aliphatic heterocycles. The van der Waals surface area contributed by atoms with E-state index in [1.54, 1.807) is 17.0 Å². The number of phenols is 1. The molecule has 1 saturated heterocycles. The van der Waals surface area contributed by atoms with Crippen LogP contribution in [0.15, 0.2) is 42.5 Å². The van der Waals surface area contributed by atoms with Crippen LogP contribution in [0.5, 0.6) is 5.75 Å². The van der Waals surface area contributed by atoms with Crippen molar-refractivity contribution in [2.24, 2.45) is 0 Å². The molecule has 1 heterocycles. The Morgan fingerprint density at radius 2 is 1.65 bits per heavy atom. The number of hydrogen-bond donors (Lipinski definition) is 3. The normalized spacial score (nSPS) is 13.6. The van der Waals surface area contributed by atoms with E-state index in [-0.39, 0.29) is 35.3 Å².